The third-order valence-corrected chi connectivity index (χ3v) is 16.2. The molecule has 0 saturated heterocycles. The van der Waals surface area contributed by atoms with Crippen molar-refractivity contribution in [3.05, 3.63) is 211 Å². The van der Waals surface area contributed by atoms with Crippen molar-refractivity contribution < 1.29 is 20.1 Å². The zero-order chi connectivity index (χ0) is 44.2. The average molecular weight is 1010 g/mol. The standard InChI is InChI=1S/C23H17.2C9H21P.2C8H5.Ir/c1-19(20-11-5-2-6-12-20)17-18-23(21-13-7-3-8-14-21)22-15-9-4-10-16-22;2*1-7(2)10(8(3)4)9(5)6;2*1-2-8-6-4-3-5-7-8;/h1-17H;2*7-9H,1-6H3;2*3-7H;/q-1;;;2*-1;+3. The fourth-order valence-corrected chi connectivity index (χ4v) is 14.2. The zero-order valence-corrected chi connectivity index (χ0v) is 42.5. The maximum atomic E-state index is 6.69. The van der Waals surface area contributed by atoms with Crippen molar-refractivity contribution in [2.45, 2.75) is 117 Å². The summed E-state index contributed by atoms with van der Waals surface area (Å²) in [5.74, 6) is 4.55. The Morgan fingerprint density at radius 2 is 0.650 bits per heavy atom. The number of allylic oxidation sites excluding steroid dienone is 2. The van der Waals surface area contributed by atoms with Gasteiger partial charge < -0.3 is 12.8 Å². The Balaban J connectivity index is 0.000000793. The molecule has 0 nitrogen and oxygen atoms in total. The van der Waals surface area contributed by atoms with E-state index in [1.165, 1.54) is 0 Å². The summed E-state index contributed by atoms with van der Waals surface area (Å²) in [7, 11) is 0.525. The van der Waals surface area contributed by atoms with Crippen LogP contribution in [0.5, 0.6) is 0 Å². The van der Waals surface area contributed by atoms with E-state index in [0.29, 0.717) is 5.57 Å². The second-order valence-corrected chi connectivity index (χ2v) is 23.6. The molecule has 0 N–H and O–H groups in total. The maximum absolute atomic E-state index is 6.69. The molecule has 60 heavy (non-hydrogen) atoms. The summed E-state index contributed by atoms with van der Waals surface area (Å²) in [6.07, 6.45) is 15.2. The summed E-state index contributed by atoms with van der Waals surface area (Å²) in [5, 5.41) is 0. The van der Waals surface area contributed by atoms with Crippen LogP contribution in [-0.4, -0.2) is 34.0 Å². The Bertz CT molecular complexity index is 1820. The van der Waals surface area contributed by atoms with Crippen molar-refractivity contribution in [2.24, 2.45) is 0 Å². The van der Waals surface area contributed by atoms with Crippen LogP contribution in [0.1, 0.15) is 111 Å². The van der Waals surface area contributed by atoms with Gasteiger partial charge in [0.1, 0.15) is 0 Å². The summed E-state index contributed by atoms with van der Waals surface area (Å²) in [6, 6.07) is 49.2. The van der Waals surface area contributed by atoms with E-state index in [9.17, 15) is 0 Å². The summed E-state index contributed by atoms with van der Waals surface area (Å²) >= 11 is 0. The minimum Gasteiger partial charge on any atom is -0.366 e. The Kier molecular flexibility index (Phi) is 30.5. The number of rotatable bonds is 10. The molecule has 0 aliphatic carbocycles. The van der Waals surface area contributed by atoms with E-state index < -0.39 is 0 Å². The fourth-order valence-electron chi connectivity index (χ4n) is 7.03. The van der Waals surface area contributed by atoms with E-state index in [4.69, 9.17) is 19.4 Å². The molecule has 0 aliphatic heterocycles. The summed E-state index contributed by atoms with van der Waals surface area (Å²) < 4.78 is 0. The first-order valence-electron chi connectivity index (χ1n) is 20.9. The van der Waals surface area contributed by atoms with Crippen LogP contribution in [0.2, 0.25) is 0 Å². The summed E-state index contributed by atoms with van der Waals surface area (Å²) in [4.78, 5) is 0. The maximum Gasteiger partial charge on any atom is 3.00 e. The average Bonchev–Trinajstić information content (AvgIpc) is 3.22. The van der Waals surface area contributed by atoms with Crippen LogP contribution in [0, 0.1) is 31.3 Å². The molecule has 5 aromatic rings. The summed E-state index contributed by atoms with van der Waals surface area (Å²) in [5.41, 5.74) is 15.4. The number of benzene rings is 5. The topological polar surface area (TPSA) is 0 Å². The minimum atomic E-state index is 0. The van der Waals surface area contributed by atoms with E-state index in [0.717, 1.165) is 67.3 Å². The van der Waals surface area contributed by atoms with Gasteiger partial charge in [-0.2, -0.15) is 11.3 Å². The monoisotopic (exact) mass is 1010 g/mol. The molecule has 3 heteroatoms. The molecule has 5 rings (SSSR count). The first kappa shape index (κ1) is 56.0. The van der Waals surface area contributed by atoms with Gasteiger partial charge in [0.25, 0.3) is 0 Å². The van der Waals surface area contributed by atoms with Crippen LogP contribution in [0.25, 0.3) is 11.1 Å². The van der Waals surface area contributed by atoms with Gasteiger partial charge in [0.2, 0.25) is 0 Å². The van der Waals surface area contributed by atoms with Crippen LogP contribution in [-0.2, 0) is 20.1 Å². The second-order valence-electron chi connectivity index (χ2n) is 15.7. The van der Waals surface area contributed by atoms with E-state index in [-0.39, 0.29) is 35.9 Å². The molecule has 0 radical (unpaired) electrons. The van der Waals surface area contributed by atoms with Crippen molar-refractivity contribution in [3.8, 4) is 11.8 Å². The molecule has 316 valence electrons. The molecular weight excluding hydrogens is 939 g/mol. The van der Waals surface area contributed by atoms with Crippen molar-refractivity contribution in [3.63, 3.8) is 0 Å². The second kappa shape index (κ2) is 32.7. The van der Waals surface area contributed by atoms with Gasteiger partial charge in [0, 0.05) is 5.57 Å². The van der Waals surface area contributed by atoms with Gasteiger partial charge in [-0.1, -0.05) is 214 Å². The minimum absolute atomic E-state index is 0. The number of hydrogen-bond acceptors (Lipinski definition) is 0. The van der Waals surface area contributed by atoms with Crippen molar-refractivity contribution in [1.29, 1.82) is 0 Å². The Hall–Kier alpha value is -4.01. The molecule has 0 spiro atoms. The Morgan fingerprint density at radius 3 is 0.850 bits per heavy atom. The van der Waals surface area contributed by atoms with Crippen molar-refractivity contribution in [2.75, 3.05) is 0 Å². The molecule has 0 unspecified atom stereocenters. The van der Waals surface area contributed by atoms with E-state index in [2.05, 4.69) is 125 Å². The molecule has 0 fully saturated rings. The van der Waals surface area contributed by atoms with Crippen LogP contribution >= 0.6 is 15.8 Å². The molecule has 5 aromatic carbocycles. The van der Waals surface area contributed by atoms with Gasteiger partial charge in [-0.25, -0.2) is 6.58 Å². The Labute approximate surface area is 384 Å². The van der Waals surface area contributed by atoms with Crippen LogP contribution in [0.3, 0.4) is 0 Å². The molecule has 0 aromatic heterocycles. The first-order chi connectivity index (χ1) is 28.1. The van der Waals surface area contributed by atoms with Crippen LogP contribution < -0.4 is 0 Å². The van der Waals surface area contributed by atoms with Gasteiger partial charge in [0.15, 0.2) is 0 Å². The van der Waals surface area contributed by atoms with Gasteiger partial charge in [-0.05, 0) is 45.1 Å². The molecule has 0 bridgehead atoms. The van der Waals surface area contributed by atoms with Crippen LogP contribution in [0.15, 0.2) is 163 Å². The zero-order valence-electron chi connectivity index (χ0n) is 38.3. The third-order valence-electron chi connectivity index (χ3n) is 9.02. The van der Waals surface area contributed by atoms with Crippen molar-refractivity contribution >= 4 is 27.0 Å². The quantitative estimate of drug-likeness (QED) is 0.0430. The Morgan fingerprint density at radius 1 is 0.417 bits per heavy atom. The predicted octanol–water partition coefficient (Wildman–Crippen LogP) is 16.4. The molecule has 0 aliphatic rings. The third kappa shape index (κ3) is 23.1. The van der Waals surface area contributed by atoms with Gasteiger partial charge in [-0.3, -0.25) is 11.8 Å². The van der Waals surface area contributed by atoms with E-state index in [1.54, 1.807) is 0 Å². The van der Waals surface area contributed by atoms with Crippen LogP contribution in [0.4, 0.5) is 0 Å². The van der Waals surface area contributed by atoms with Gasteiger partial charge in [0.05, 0.1) is 0 Å². The molecule has 0 saturated carbocycles. The van der Waals surface area contributed by atoms with E-state index in [1.807, 2.05) is 133 Å². The summed E-state index contributed by atoms with van der Waals surface area (Å²) in [6.45, 7) is 34.4. The smallest absolute Gasteiger partial charge is 0.366 e. The SMILES string of the molecule is CC(C)P(C(C)C)C(C)C.CC(C)P(C(C)C)C(C)C.[C-]#Cc1ccccc1.[C-]#Cc1ccccc1.[CH-]=C(C=C=C(c1ccccc1)c1ccccc1)c1ccccc1.[Ir+3]. The van der Waals surface area contributed by atoms with Gasteiger partial charge >= 0.3 is 20.1 Å². The fraction of sp³-hybridized carbons (Fsp3) is 0.316. The molecular formula is C57H69IrP2. The molecule has 0 heterocycles. The van der Waals surface area contributed by atoms with Gasteiger partial charge in [-0.15, -0.1) is 59.2 Å². The molecule has 0 amide bonds. The van der Waals surface area contributed by atoms with E-state index >= 15 is 0 Å². The largest absolute Gasteiger partial charge is 3.00 e. The molecule has 0 atom stereocenters. The normalized spacial score (nSPS) is 10.0. The van der Waals surface area contributed by atoms with Crippen molar-refractivity contribution in [1.82, 2.24) is 0 Å². The predicted molar refractivity (Wildman–Crippen MR) is 268 cm³/mol. The number of hydrogen-bond donors (Lipinski definition) is 0. The first-order valence-corrected chi connectivity index (χ1v) is 24.0.